The predicted octanol–water partition coefficient (Wildman–Crippen LogP) is 4.16. The Morgan fingerprint density at radius 3 is 2.64 bits per heavy atom. The fourth-order valence-corrected chi connectivity index (χ4v) is 3.38. The molecular weight excluding hydrogens is 384 g/mol. The number of hydrogen-bond donors (Lipinski definition) is 0. The lowest BCUT2D eigenvalue weighted by atomic mass is 9.97. The van der Waals surface area contributed by atoms with Crippen LogP contribution in [0.3, 0.4) is 0 Å². The van der Waals surface area contributed by atoms with Crippen LogP contribution in [0.2, 0.25) is 0 Å². The second kappa shape index (κ2) is 7.27. The summed E-state index contributed by atoms with van der Waals surface area (Å²) in [4.78, 5) is 12.2. The van der Waals surface area contributed by atoms with Crippen molar-refractivity contribution in [3.8, 4) is 11.5 Å². The molecule has 0 bridgehead atoms. The quantitative estimate of drug-likeness (QED) is 0.770. The number of rotatable bonds is 4. The van der Waals surface area contributed by atoms with E-state index in [1.54, 1.807) is 14.2 Å². The van der Waals surface area contributed by atoms with Gasteiger partial charge < -0.3 is 9.47 Å². The molecule has 1 heterocycles. The minimum Gasteiger partial charge on any atom is -0.497 e. The van der Waals surface area contributed by atoms with Gasteiger partial charge in [-0.25, -0.2) is 5.01 Å². The first-order chi connectivity index (χ1) is 12.0. The van der Waals surface area contributed by atoms with Crippen molar-refractivity contribution in [3.05, 3.63) is 58.1 Å². The Morgan fingerprint density at radius 2 is 2.00 bits per heavy atom. The van der Waals surface area contributed by atoms with Gasteiger partial charge in [-0.1, -0.05) is 28.1 Å². The van der Waals surface area contributed by atoms with Crippen LogP contribution in [0, 0.1) is 0 Å². The topological polar surface area (TPSA) is 51.1 Å². The predicted molar refractivity (Wildman–Crippen MR) is 100 cm³/mol. The molecule has 2 aromatic carbocycles. The molecule has 130 valence electrons. The van der Waals surface area contributed by atoms with Gasteiger partial charge in [0.2, 0.25) is 5.91 Å². The van der Waals surface area contributed by atoms with Crippen molar-refractivity contribution in [3.63, 3.8) is 0 Å². The lowest BCUT2D eigenvalue weighted by Gasteiger charge is -2.22. The third-order valence-corrected chi connectivity index (χ3v) is 4.68. The van der Waals surface area contributed by atoms with Gasteiger partial charge in [-0.15, -0.1) is 0 Å². The van der Waals surface area contributed by atoms with Crippen LogP contribution in [0.4, 0.5) is 0 Å². The highest BCUT2D eigenvalue weighted by atomic mass is 79.9. The van der Waals surface area contributed by atoms with Gasteiger partial charge in [0, 0.05) is 23.4 Å². The Labute approximate surface area is 155 Å². The van der Waals surface area contributed by atoms with Crippen molar-refractivity contribution in [2.75, 3.05) is 14.2 Å². The Hall–Kier alpha value is -2.34. The lowest BCUT2D eigenvalue weighted by molar-refractivity contribution is -0.130. The van der Waals surface area contributed by atoms with Gasteiger partial charge in [0.05, 0.1) is 26.0 Å². The monoisotopic (exact) mass is 402 g/mol. The van der Waals surface area contributed by atoms with Crippen molar-refractivity contribution in [1.82, 2.24) is 5.01 Å². The molecule has 1 aliphatic rings. The summed E-state index contributed by atoms with van der Waals surface area (Å²) >= 11 is 3.48. The van der Waals surface area contributed by atoms with E-state index in [-0.39, 0.29) is 11.9 Å². The van der Waals surface area contributed by atoms with Crippen molar-refractivity contribution >= 4 is 27.5 Å². The highest BCUT2D eigenvalue weighted by molar-refractivity contribution is 9.10. The minimum absolute atomic E-state index is 0.111. The Morgan fingerprint density at radius 1 is 1.20 bits per heavy atom. The first-order valence-electron chi connectivity index (χ1n) is 7.88. The zero-order valence-electron chi connectivity index (χ0n) is 14.3. The fraction of sp³-hybridized carbons (Fsp3) is 0.263. The van der Waals surface area contributed by atoms with E-state index in [9.17, 15) is 4.79 Å². The van der Waals surface area contributed by atoms with E-state index in [4.69, 9.17) is 9.47 Å². The summed E-state index contributed by atoms with van der Waals surface area (Å²) in [6.45, 7) is 1.52. The molecule has 1 atom stereocenters. The van der Waals surface area contributed by atoms with E-state index in [0.717, 1.165) is 27.1 Å². The van der Waals surface area contributed by atoms with Crippen LogP contribution >= 0.6 is 15.9 Å². The van der Waals surface area contributed by atoms with E-state index in [0.29, 0.717) is 12.2 Å². The van der Waals surface area contributed by atoms with Crippen LogP contribution in [0.25, 0.3) is 0 Å². The number of benzene rings is 2. The summed E-state index contributed by atoms with van der Waals surface area (Å²) in [5, 5.41) is 6.09. The standard InChI is InChI=1S/C19H19BrN2O3/c1-12(23)22-18(16-10-15(24-2)7-8-19(16)25-3)11-17(21-22)13-5-4-6-14(20)9-13/h4-10,18H,11H2,1-3H3. The molecule has 1 unspecified atom stereocenters. The molecule has 0 N–H and O–H groups in total. The summed E-state index contributed by atoms with van der Waals surface area (Å²) in [6.07, 6.45) is 0.611. The van der Waals surface area contributed by atoms with Crippen LogP contribution in [0.15, 0.2) is 52.0 Å². The van der Waals surface area contributed by atoms with Crippen LogP contribution in [0.1, 0.15) is 30.5 Å². The molecule has 0 aromatic heterocycles. The number of hydrazone groups is 1. The minimum atomic E-state index is -0.225. The summed E-state index contributed by atoms with van der Waals surface area (Å²) in [7, 11) is 3.24. The molecule has 0 spiro atoms. The molecule has 0 saturated heterocycles. The second-order valence-corrected chi connectivity index (χ2v) is 6.66. The van der Waals surface area contributed by atoms with Gasteiger partial charge in [-0.3, -0.25) is 4.79 Å². The van der Waals surface area contributed by atoms with Gasteiger partial charge >= 0.3 is 0 Å². The van der Waals surface area contributed by atoms with Gasteiger partial charge in [-0.2, -0.15) is 5.10 Å². The molecule has 25 heavy (non-hydrogen) atoms. The molecular formula is C19H19BrN2O3. The number of nitrogens with zero attached hydrogens (tertiary/aromatic N) is 2. The molecule has 0 aliphatic carbocycles. The average Bonchev–Trinajstić information content (AvgIpc) is 3.06. The van der Waals surface area contributed by atoms with Crippen molar-refractivity contribution < 1.29 is 14.3 Å². The molecule has 0 saturated carbocycles. The summed E-state index contributed by atoms with van der Waals surface area (Å²) in [5.41, 5.74) is 2.74. The SMILES string of the molecule is COc1ccc(OC)c(C2CC(c3cccc(Br)c3)=NN2C(C)=O)c1. The van der Waals surface area contributed by atoms with Gasteiger partial charge in [0.15, 0.2) is 0 Å². The second-order valence-electron chi connectivity index (χ2n) is 5.75. The van der Waals surface area contributed by atoms with Gasteiger partial charge in [0.1, 0.15) is 11.5 Å². The highest BCUT2D eigenvalue weighted by Gasteiger charge is 2.33. The molecule has 0 radical (unpaired) electrons. The number of ether oxygens (including phenoxy) is 2. The van der Waals surface area contributed by atoms with E-state index in [1.165, 1.54) is 11.9 Å². The molecule has 2 aromatic rings. The van der Waals surface area contributed by atoms with Crippen molar-refractivity contribution in [2.24, 2.45) is 5.10 Å². The third-order valence-electron chi connectivity index (χ3n) is 4.19. The Balaban J connectivity index is 2.02. The molecule has 6 heteroatoms. The number of amides is 1. The maximum absolute atomic E-state index is 12.2. The van der Waals surface area contributed by atoms with Crippen molar-refractivity contribution in [2.45, 2.75) is 19.4 Å². The molecule has 0 fully saturated rings. The van der Waals surface area contributed by atoms with Crippen LogP contribution < -0.4 is 9.47 Å². The van der Waals surface area contributed by atoms with E-state index < -0.39 is 0 Å². The summed E-state index contributed by atoms with van der Waals surface area (Å²) in [6, 6.07) is 13.3. The van der Waals surface area contributed by atoms with E-state index in [2.05, 4.69) is 21.0 Å². The Kier molecular flexibility index (Phi) is 5.08. The first-order valence-corrected chi connectivity index (χ1v) is 8.68. The first kappa shape index (κ1) is 17.5. The summed E-state index contributed by atoms with van der Waals surface area (Å²) in [5.74, 6) is 1.32. The zero-order chi connectivity index (χ0) is 18.0. The maximum Gasteiger partial charge on any atom is 0.240 e. The maximum atomic E-state index is 12.2. The smallest absolute Gasteiger partial charge is 0.240 e. The zero-order valence-corrected chi connectivity index (χ0v) is 15.9. The van der Waals surface area contributed by atoms with Gasteiger partial charge in [0.25, 0.3) is 0 Å². The molecule has 1 amide bonds. The molecule has 3 rings (SSSR count). The van der Waals surface area contributed by atoms with E-state index in [1.807, 2.05) is 42.5 Å². The summed E-state index contributed by atoms with van der Waals surface area (Å²) < 4.78 is 11.8. The van der Waals surface area contributed by atoms with Crippen LogP contribution in [-0.2, 0) is 4.79 Å². The van der Waals surface area contributed by atoms with Crippen LogP contribution in [0.5, 0.6) is 11.5 Å². The molecule has 1 aliphatic heterocycles. The molecule has 5 nitrogen and oxygen atoms in total. The fourth-order valence-electron chi connectivity index (χ4n) is 2.99. The lowest BCUT2D eigenvalue weighted by Crippen LogP contribution is -2.24. The van der Waals surface area contributed by atoms with E-state index >= 15 is 0 Å². The normalized spacial score (nSPS) is 16.6. The third kappa shape index (κ3) is 3.54. The number of carbonyl (C=O) groups is 1. The van der Waals surface area contributed by atoms with Crippen molar-refractivity contribution in [1.29, 1.82) is 0 Å². The number of methoxy groups -OCH3 is 2. The number of hydrogen-bond acceptors (Lipinski definition) is 4. The Bertz CT molecular complexity index is 835. The average molecular weight is 403 g/mol. The van der Waals surface area contributed by atoms with Gasteiger partial charge in [-0.05, 0) is 35.9 Å². The van der Waals surface area contributed by atoms with Crippen LogP contribution in [-0.4, -0.2) is 30.8 Å². The largest absolute Gasteiger partial charge is 0.497 e. The number of carbonyl (C=O) groups excluding carboxylic acids is 1. The number of halogens is 1. The highest BCUT2D eigenvalue weighted by Crippen LogP contribution is 2.39.